The number of hydrogen-bond acceptors (Lipinski definition) is 7. The third-order valence-electron chi connectivity index (χ3n) is 5.81. The van der Waals surface area contributed by atoms with Crippen molar-refractivity contribution >= 4 is 40.1 Å². The van der Waals surface area contributed by atoms with Gasteiger partial charge in [0.05, 0.1) is 5.69 Å². The van der Waals surface area contributed by atoms with Gasteiger partial charge in [0.1, 0.15) is 11.9 Å². The Morgan fingerprint density at radius 2 is 2.00 bits per heavy atom. The maximum atomic E-state index is 12.5. The summed E-state index contributed by atoms with van der Waals surface area (Å²) in [6.07, 6.45) is 2.26. The zero-order valence-electron chi connectivity index (χ0n) is 17.6. The van der Waals surface area contributed by atoms with Gasteiger partial charge in [-0.3, -0.25) is 14.9 Å². The molecule has 0 aliphatic carbocycles. The molecule has 3 N–H and O–H groups in total. The Balaban J connectivity index is 1.29. The summed E-state index contributed by atoms with van der Waals surface area (Å²) in [4.78, 5) is 47.6. The van der Waals surface area contributed by atoms with Gasteiger partial charge < -0.3 is 15.5 Å². The van der Waals surface area contributed by atoms with E-state index in [-0.39, 0.29) is 18.2 Å². The molecule has 31 heavy (non-hydrogen) atoms. The zero-order valence-corrected chi connectivity index (χ0v) is 18.4. The molecule has 2 fully saturated rings. The number of urea groups is 1. The molecule has 2 aromatic heterocycles. The van der Waals surface area contributed by atoms with E-state index in [0.29, 0.717) is 25.4 Å². The van der Waals surface area contributed by atoms with Gasteiger partial charge in [-0.1, -0.05) is 6.07 Å². The summed E-state index contributed by atoms with van der Waals surface area (Å²) < 4.78 is 0. The summed E-state index contributed by atoms with van der Waals surface area (Å²) in [6, 6.07) is 4.86. The monoisotopic (exact) mass is 442 g/mol. The number of pyridine rings is 1. The number of hydrogen-bond donors (Lipinski definition) is 3. The minimum atomic E-state index is -0.612. The Kier molecular flexibility index (Phi) is 6.17. The molecule has 2 saturated heterocycles. The quantitative estimate of drug-likeness (QED) is 0.592. The SMILES string of the molecule is Cc1nc(Nc2cccc(C3CCN(C(=O)CCC4NC(=O)NC4=O)CC3)n2)sc1C. The van der Waals surface area contributed by atoms with Gasteiger partial charge in [0.25, 0.3) is 5.91 Å². The van der Waals surface area contributed by atoms with E-state index in [0.717, 1.165) is 35.2 Å². The van der Waals surface area contributed by atoms with Crippen LogP contribution in [-0.4, -0.2) is 51.8 Å². The lowest BCUT2D eigenvalue weighted by atomic mass is 9.92. The summed E-state index contributed by atoms with van der Waals surface area (Å²) in [5, 5.41) is 8.85. The van der Waals surface area contributed by atoms with Gasteiger partial charge in [0, 0.05) is 36.0 Å². The minimum absolute atomic E-state index is 0.0188. The largest absolute Gasteiger partial charge is 0.343 e. The molecular formula is C21H26N6O3S. The van der Waals surface area contributed by atoms with Crippen molar-refractivity contribution in [2.24, 2.45) is 0 Å². The molecule has 9 nitrogen and oxygen atoms in total. The summed E-state index contributed by atoms with van der Waals surface area (Å²) in [7, 11) is 0. The first kappa shape index (κ1) is 21.2. The second kappa shape index (κ2) is 9.01. The Labute approximate surface area is 184 Å². The van der Waals surface area contributed by atoms with E-state index in [9.17, 15) is 14.4 Å². The highest BCUT2D eigenvalue weighted by molar-refractivity contribution is 7.15. The molecule has 0 aromatic carbocycles. The van der Waals surface area contributed by atoms with Crippen LogP contribution < -0.4 is 16.0 Å². The Bertz CT molecular complexity index is 979. The number of imide groups is 1. The number of carbonyl (C=O) groups excluding carboxylic acids is 3. The standard InChI is InChI=1S/C21H26N6O3S/c1-12-13(2)31-21(22-12)25-17-5-3-4-15(23-17)14-8-10-27(11-9-14)18(28)7-6-16-19(29)26-20(30)24-16/h3-5,14,16H,6-11H2,1-2H3,(H,22,23,25)(H2,24,26,29,30). The van der Waals surface area contributed by atoms with Gasteiger partial charge >= 0.3 is 6.03 Å². The van der Waals surface area contributed by atoms with Crippen molar-refractivity contribution in [3.8, 4) is 0 Å². The number of nitrogens with one attached hydrogen (secondary N) is 3. The smallest absolute Gasteiger partial charge is 0.322 e. The number of rotatable bonds is 6. The number of aromatic nitrogens is 2. The second-order valence-electron chi connectivity index (χ2n) is 7.94. The summed E-state index contributed by atoms with van der Waals surface area (Å²) in [5.41, 5.74) is 2.05. The molecular weight excluding hydrogens is 416 g/mol. The van der Waals surface area contributed by atoms with Crippen molar-refractivity contribution in [1.82, 2.24) is 25.5 Å². The first-order valence-corrected chi connectivity index (χ1v) is 11.3. The van der Waals surface area contributed by atoms with E-state index >= 15 is 0 Å². The Hall–Kier alpha value is -3.01. The predicted molar refractivity (Wildman–Crippen MR) is 117 cm³/mol. The molecule has 10 heteroatoms. The normalized spacial score (nSPS) is 19.3. The lowest BCUT2D eigenvalue weighted by Gasteiger charge is -2.32. The number of thiazole rings is 1. The highest BCUT2D eigenvalue weighted by atomic mass is 32.1. The molecule has 4 heterocycles. The van der Waals surface area contributed by atoms with Gasteiger partial charge in [-0.2, -0.15) is 0 Å². The van der Waals surface area contributed by atoms with Gasteiger partial charge in [0.2, 0.25) is 5.91 Å². The number of nitrogens with zero attached hydrogens (tertiary/aromatic N) is 3. The van der Waals surface area contributed by atoms with Crippen LogP contribution in [0.3, 0.4) is 0 Å². The molecule has 4 amide bonds. The molecule has 164 valence electrons. The number of amides is 4. The first-order chi connectivity index (χ1) is 14.9. The van der Waals surface area contributed by atoms with Crippen molar-refractivity contribution in [3.63, 3.8) is 0 Å². The minimum Gasteiger partial charge on any atom is -0.343 e. The number of aryl methyl sites for hydroxylation is 2. The van der Waals surface area contributed by atoms with Gasteiger partial charge in [-0.25, -0.2) is 14.8 Å². The van der Waals surface area contributed by atoms with Crippen molar-refractivity contribution in [1.29, 1.82) is 0 Å². The van der Waals surface area contributed by atoms with Crippen LogP contribution in [0.5, 0.6) is 0 Å². The van der Waals surface area contributed by atoms with E-state index in [1.54, 1.807) is 11.3 Å². The van der Waals surface area contributed by atoms with Crippen LogP contribution in [0.4, 0.5) is 15.7 Å². The average Bonchev–Trinajstić information content (AvgIpc) is 3.25. The molecule has 0 saturated carbocycles. The highest BCUT2D eigenvalue weighted by Crippen LogP contribution is 2.29. The average molecular weight is 443 g/mol. The molecule has 0 spiro atoms. The Morgan fingerprint density at radius 1 is 1.23 bits per heavy atom. The third-order valence-corrected chi connectivity index (χ3v) is 6.79. The van der Waals surface area contributed by atoms with Gasteiger partial charge in [0.15, 0.2) is 5.13 Å². The molecule has 2 aromatic rings. The van der Waals surface area contributed by atoms with Crippen LogP contribution in [0.25, 0.3) is 0 Å². The molecule has 4 rings (SSSR count). The zero-order chi connectivity index (χ0) is 22.0. The molecule has 2 aliphatic heterocycles. The van der Waals surface area contributed by atoms with Gasteiger partial charge in [-0.05, 0) is 45.2 Å². The van der Waals surface area contributed by atoms with Crippen molar-refractivity contribution in [2.75, 3.05) is 18.4 Å². The molecule has 2 aliphatic rings. The highest BCUT2D eigenvalue weighted by Gasteiger charge is 2.31. The van der Waals surface area contributed by atoms with Crippen LogP contribution in [0, 0.1) is 13.8 Å². The number of carbonyl (C=O) groups is 3. The lowest BCUT2D eigenvalue weighted by Crippen LogP contribution is -2.39. The first-order valence-electron chi connectivity index (χ1n) is 10.5. The number of piperidine rings is 1. The maximum Gasteiger partial charge on any atom is 0.322 e. The Morgan fingerprint density at radius 3 is 2.65 bits per heavy atom. The summed E-state index contributed by atoms with van der Waals surface area (Å²) >= 11 is 1.61. The van der Waals surface area contributed by atoms with Crippen LogP contribution in [0.1, 0.15) is 47.9 Å². The van der Waals surface area contributed by atoms with Crippen LogP contribution in [0.15, 0.2) is 18.2 Å². The van der Waals surface area contributed by atoms with Crippen LogP contribution >= 0.6 is 11.3 Å². The molecule has 0 radical (unpaired) electrons. The van der Waals surface area contributed by atoms with Gasteiger partial charge in [-0.15, -0.1) is 11.3 Å². The maximum absolute atomic E-state index is 12.5. The van der Waals surface area contributed by atoms with E-state index in [1.807, 2.05) is 30.0 Å². The third kappa shape index (κ3) is 5.01. The fourth-order valence-corrected chi connectivity index (χ4v) is 4.72. The molecule has 1 atom stereocenters. The van der Waals surface area contributed by atoms with Crippen LogP contribution in [0.2, 0.25) is 0 Å². The van der Waals surface area contributed by atoms with Crippen molar-refractivity contribution < 1.29 is 14.4 Å². The van der Waals surface area contributed by atoms with E-state index < -0.39 is 12.1 Å². The number of anilines is 2. The number of likely N-dealkylation sites (tertiary alicyclic amines) is 1. The fraction of sp³-hybridized carbons (Fsp3) is 0.476. The van der Waals surface area contributed by atoms with Crippen molar-refractivity contribution in [3.05, 3.63) is 34.5 Å². The predicted octanol–water partition coefficient (Wildman–Crippen LogP) is 2.59. The fourth-order valence-electron chi connectivity index (χ4n) is 3.90. The molecule has 0 bridgehead atoms. The van der Waals surface area contributed by atoms with E-state index in [4.69, 9.17) is 4.98 Å². The summed E-state index contributed by atoms with van der Waals surface area (Å²) in [5.74, 6) is 0.733. The summed E-state index contributed by atoms with van der Waals surface area (Å²) in [6.45, 7) is 5.37. The van der Waals surface area contributed by atoms with E-state index in [1.165, 1.54) is 4.88 Å². The topological polar surface area (TPSA) is 116 Å². The van der Waals surface area contributed by atoms with E-state index in [2.05, 4.69) is 27.9 Å². The van der Waals surface area contributed by atoms with Crippen molar-refractivity contribution in [2.45, 2.75) is 51.5 Å². The van der Waals surface area contributed by atoms with Crippen LogP contribution in [-0.2, 0) is 9.59 Å². The lowest BCUT2D eigenvalue weighted by molar-refractivity contribution is -0.132. The second-order valence-corrected chi connectivity index (χ2v) is 9.15. The molecule has 1 unspecified atom stereocenters.